The van der Waals surface area contributed by atoms with Crippen LogP contribution in [0.2, 0.25) is 5.02 Å². The summed E-state index contributed by atoms with van der Waals surface area (Å²) < 4.78 is 0. The molecule has 0 saturated carbocycles. The van der Waals surface area contributed by atoms with Gasteiger partial charge in [-0.3, -0.25) is 4.79 Å². The number of benzene rings is 1. The number of carbonyl (C=O) groups is 1. The molecule has 0 atom stereocenters. The fourth-order valence-electron chi connectivity index (χ4n) is 1.32. The fraction of sp³-hybridized carbons (Fsp3) is 0.364. The number of hydrogen-bond acceptors (Lipinski definition) is 3. The Morgan fingerprint density at radius 3 is 2.81 bits per heavy atom. The Balaban J connectivity index is 2.79. The average molecular weight is 243 g/mol. The summed E-state index contributed by atoms with van der Waals surface area (Å²) in [5, 5.41) is 9.98. The standard InChI is InChI=1S/C11H15ClN2O2/c1-14(6-2-5-13)11(16)9-4-3-8(12)7-10(9)15/h3-4,7,15H,2,5-6,13H2,1H3. The van der Waals surface area contributed by atoms with Crippen molar-refractivity contribution in [1.29, 1.82) is 0 Å². The molecule has 0 bridgehead atoms. The molecule has 88 valence electrons. The van der Waals surface area contributed by atoms with Crippen LogP contribution in [0.3, 0.4) is 0 Å². The molecule has 3 N–H and O–H groups in total. The van der Waals surface area contributed by atoms with E-state index in [-0.39, 0.29) is 17.2 Å². The molecule has 0 fully saturated rings. The molecule has 0 heterocycles. The predicted octanol–water partition coefficient (Wildman–Crippen LogP) is 1.47. The lowest BCUT2D eigenvalue weighted by molar-refractivity contribution is 0.0791. The number of amides is 1. The van der Waals surface area contributed by atoms with Crippen LogP contribution in [0.1, 0.15) is 16.8 Å². The van der Waals surface area contributed by atoms with E-state index >= 15 is 0 Å². The Morgan fingerprint density at radius 1 is 1.56 bits per heavy atom. The van der Waals surface area contributed by atoms with Gasteiger partial charge < -0.3 is 15.7 Å². The van der Waals surface area contributed by atoms with Gasteiger partial charge in [-0.2, -0.15) is 0 Å². The van der Waals surface area contributed by atoms with Crippen LogP contribution in [0.4, 0.5) is 0 Å². The van der Waals surface area contributed by atoms with Crippen molar-refractivity contribution in [3.63, 3.8) is 0 Å². The van der Waals surface area contributed by atoms with Gasteiger partial charge >= 0.3 is 0 Å². The summed E-state index contributed by atoms with van der Waals surface area (Å²) in [6.45, 7) is 1.10. The number of carbonyl (C=O) groups excluding carboxylic acids is 1. The third-order valence-corrected chi connectivity index (χ3v) is 2.47. The van der Waals surface area contributed by atoms with Gasteiger partial charge in [-0.15, -0.1) is 0 Å². The van der Waals surface area contributed by atoms with Crippen LogP contribution in [-0.4, -0.2) is 36.1 Å². The average Bonchev–Trinajstić information content (AvgIpc) is 2.25. The van der Waals surface area contributed by atoms with Crippen LogP contribution in [0, 0.1) is 0 Å². The Hall–Kier alpha value is -1.26. The van der Waals surface area contributed by atoms with Gasteiger partial charge in [0.2, 0.25) is 0 Å². The van der Waals surface area contributed by atoms with Crippen LogP contribution >= 0.6 is 11.6 Å². The summed E-state index contributed by atoms with van der Waals surface area (Å²) >= 11 is 5.68. The first-order valence-electron chi connectivity index (χ1n) is 5.00. The summed E-state index contributed by atoms with van der Waals surface area (Å²) in [6, 6.07) is 4.44. The van der Waals surface area contributed by atoms with Crippen LogP contribution < -0.4 is 5.73 Å². The fourth-order valence-corrected chi connectivity index (χ4v) is 1.49. The van der Waals surface area contributed by atoms with Crippen molar-refractivity contribution in [2.45, 2.75) is 6.42 Å². The predicted molar refractivity (Wildman–Crippen MR) is 63.7 cm³/mol. The van der Waals surface area contributed by atoms with Crippen molar-refractivity contribution in [3.8, 4) is 5.75 Å². The summed E-state index contributed by atoms with van der Waals surface area (Å²) in [4.78, 5) is 13.4. The van der Waals surface area contributed by atoms with E-state index < -0.39 is 0 Å². The van der Waals surface area contributed by atoms with Gasteiger partial charge in [0.15, 0.2) is 0 Å². The monoisotopic (exact) mass is 242 g/mol. The topological polar surface area (TPSA) is 66.6 Å². The molecule has 1 aromatic carbocycles. The maximum atomic E-state index is 11.9. The van der Waals surface area contributed by atoms with Gasteiger partial charge in [-0.25, -0.2) is 0 Å². The normalized spacial score (nSPS) is 10.2. The van der Waals surface area contributed by atoms with E-state index in [0.717, 1.165) is 6.42 Å². The van der Waals surface area contributed by atoms with E-state index in [0.29, 0.717) is 18.1 Å². The molecular weight excluding hydrogens is 228 g/mol. The largest absolute Gasteiger partial charge is 0.507 e. The van der Waals surface area contributed by atoms with E-state index in [2.05, 4.69) is 0 Å². The SMILES string of the molecule is CN(CCCN)C(=O)c1ccc(Cl)cc1O. The lowest BCUT2D eigenvalue weighted by Gasteiger charge is -2.17. The van der Waals surface area contributed by atoms with Gasteiger partial charge in [0.05, 0.1) is 5.56 Å². The summed E-state index contributed by atoms with van der Waals surface area (Å²) in [5.41, 5.74) is 5.61. The number of hydrogen-bond donors (Lipinski definition) is 2. The quantitative estimate of drug-likeness (QED) is 0.840. The smallest absolute Gasteiger partial charge is 0.257 e. The summed E-state index contributed by atoms with van der Waals surface area (Å²) in [7, 11) is 1.67. The second kappa shape index (κ2) is 5.72. The van der Waals surface area contributed by atoms with Crippen LogP contribution in [0.25, 0.3) is 0 Å². The maximum absolute atomic E-state index is 11.9. The zero-order valence-electron chi connectivity index (χ0n) is 9.11. The molecule has 0 aliphatic carbocycles. The van der Waals surface area contributed by atoms with Crippen molar-refractivity contribution in [2.24, 2.45) is 5.73 Å². The molecule has 5 heteroatoms. The van der Waals surface area contributed by atoms with Gasteiger partial charge in [-0.05, 0) is 31.2 Å². The molecule has 0 aliphatic heterocycles. The molecule has 0 spiro atoms. The number of nitrogens with two attached hydrogens (primary N) is 1. The Kier molecular flexibility index (Phi) is 4.58. The second-order valence-electron chi connectivity index (χ2n) is 3.53. The van der Waals surface area contributed by atoms with Crippen molar-refractivity contribution in [2.75, 3.05) is 20.1 Å². The van der Waals surface area contributed by atoms with Gasteiger partial charge in [0, 0.05) is 18.6 Å². The van der Waals surface area contributed by atoms with Crippen molar-refractivity contribution in [1.82, 2.24) is 4.90 Å². The summed E-state index contributed by atoms with van der Waals surface area (Å²) in [5.74, 6) is -0.334. The van der Waals surface area contributed by atoms with Gasteiger partial charge in [-0.1, -0.05) is 11.6 Å². The van der Waals surface area contributed by atoms with E-state index in [1.165, 1.54) is 17.0 Å². The zero-order chi connectivity index (χ0) is 12.1. The van der Waals surface area contributed by atoms with Crippen molar-refractivity contribution >= 4 is 17.5 Å². The minimum absolute atomic E-state index is 0.0999. The molecule has 0 aromatic heterocycles. The molecule has 0 radical (unpaired) electrons. The highest BCUT2D eigenvalue weighted by Gasteiger charge is 2.15. The number of aromatic hydroxyl groups is 1. The van der Waals surface area contributed by atoms with Crippen LogP contribution in [0.5, 0.6) is 5.75 Å². The van der Waals surface area contributed by atoms with Crippen LogP contribution in [0.15, 0.2) is 18.2 Å². The first-order chi connectivity index (χ1) is 7.56. The lowest BCUT2D eigenvalue weighted by Crippen LogP contribution is -2.29. The number of rotatable bonds is 4. The van der Waals surface area contributed by atoms with E-state index in [1.807, 2.05) is 0 Å². The third kappa shape index (κ3) is 3.12. The molecule has 4 nitrogen and oxygen atoms in total. The highest BCUT2D eigenvalue weighted by Crippen LogP contribution is 2.22. The minimum Gasteiger partial charge on any atom is -0.507 e. The van der Waals surface area contributed by atoms with Crippen molar-refractivity contribution < 1.29 is 9.90 Å². The molecule has 1 rings (SSSR count). The Morgan fingerprint density at radius 2 is 2.25 bits per heavy atom. The Bertz CT molecular complexity index is 382. The first-order valence-corrected chi connectivity index (χ1v) is 5.38. The Labute approximate surface area is 99.6 Å². The molecule has 0 saturated heterocycles. The second-order valence-corrected chi connectivity index (χ2v) is 3.97. The van der Waals surface area contributed by atoms with E-state index in [4.69, 9.17) is 17.3 Å². The summed E-state index contributed by atoms with van der Waals surface area (Å²) in [6.07, 6.45) is 0.733. The first kappa shape index (κ1) is 12.8. The van der Waals surface area contributed by atoms with Crippen LogP contribution in [-0.2, 0) is 0 Å². The highest BCUT2D eigenvalue weighted by atomic mass is 35.5. The lowest BCUT2D eigenvalue weighted by atomic mass is 10.1. The zero-order valence-corrected chi connectivity index (χ0v) is 9.87. The third-order valence-electron chi connectivity index (χ3n) is 2.23. The number of halogens is 1. The van der Waals surface area contributed by atoms with Gasteiger partial charge in [0.25, 0.3) is 5.91 Å². The maximum Gasteiger partial charge on any atom is 0.257 e. The molecule has 0 unspecified atom stereocenters. The molecule has 16 heavy (non-hydrogen) atoms. The minimum atomic E-state index is -0.234. The highest BCUT2D eigenvalue weighted by molar-refractivity contribution is 6.30. The number of nitrogens with zero attached hydrogens (tertiary/aromatic N) is 1. The molecule has 1 aromatic rings. The molecular formula is C11H15ClN2O2. The van der Waals surface area contributed by atoms with Crippen molar-refractivity contribution in [3.05, 3.63) is 28.8 Å². The number of phenols is 1. The van der Waals surface area contributed by atoms with Gasteiger partial charge in [0.1, 0.15) is 5.75 Å². The van der Waals surface area contributed by atoms with E-state index in [1.54, 1.807) is 13.1 Å². The molecule has 0 aliphatic rings. The molecule has 1 amide bonds. The van der Waals surface area contributed by atoms with E-state index in [9.17, 15) is 9.90 Å². The number of phenolic OH excluding ortho intramolecular Hbond substituents is 1.